The molecule has 2 heterocycles. The third-order valence-corrected chi connectivity index (χ3v) is 7.49. The summed E-state index contributed by atoms with van der Waals surface area (Å²) in [6.45, 7) is 0.794. The standard InChI is InChI=1S/C30H30N2O/c1(2-5-25-19-21-7-8-26(25)20-21)3-18-33-27-14-11-22(12-15-27)28-16-13-24-10-9-23-6-4-17-31-29(23)30(24)32-28/h4,6-17,21,25-26H,1-3,5,18-20H2. The number of unbranched alkanes of at least 4 members (excludes halogenated alkanes) is 2. The highest BCUT2D eigenvalue weighted by Gasteiger charge is 2.34. The van der Waals surface area contributed by atoms with E-state index in [1.807, 2.05) is 12.3 Å². The molecule has 1 fully saturated rings. The Labute approximate surface area is 195 Å². The maximum Gasteiger partial charge on any atom is 0.119 e. The lowest BCUT2D eigenvalue weighted by atomic mass is 9.89. The van der Waals surface area contributed by atoms with Crippen molar-refractivity contribution in [1.29, 1.82) is 0 Å². The van der Waals surface area contributed by atoms with Crippen LogP contribution in [0.4, 0.5) is 0 Å². The van der Waals surface area contributed by atoms with Crippen LogP contribution in [-0.4, -0.2) is 16.6 Å². The number of rotatable bonds is 8. The summed E-state index contributed by atoms with van der Waals surface area (Å²) in [5.74, 6) is 3.67. The summed E-state index contributed by atoms with van der Waals surface area (Å²) in [6, 6.07) is 20.8. The van der Waals surface area contributed by atoms with Crippen LogP contribution in [-0.2, 0) is 0 Å². The van der Waals surface area contributed by atoms with Crippen molar-refractivity contribution < 1.29 is 4.74 Å². The van der Waals surface area contributed by atoms with Gasteiger partial charge in [0, 0.05) is 22.5 Å². The predicted octanol–water partition coefficient (Wildman–Crippen LogP) is 7.60. The van der Waals surface area contributed by atoms with Gasteiger partial charge in [0.25, 0.3) is 0 Å². The van der Waals surface area contributed by atoms with E-state index in [0.29, 0.717) is 0 Å². The Morgan fingerprint density at radius 1 is 0.788 bits per heavy atom. The predicted molar refractivity (Wildman–Crippen MR) is 135 cm³/mol. The summed E-state index contributed by atoms with van der Waals surface area (Å²) in [5, 5.41) is 2.23. The quantitative estimate of drug-likeness (QED) is 0.163. The van der Waals surface area contributed by atoms with Gasteiger partial charge < -0.3 is 4.74 Å². The van der Waals surface area contributed by atoms with Gasteiger partial charge in [-0.15, -0.1) is 0 Å². The van der Waals surface area contributed by atoms with E-state index in [2.05, 4.69) is 71.7 Å². The third kappa shape index (κ3) is 4.25. The molecule has 2 aromatic heterocycles. The first kappa shape index (κ1) is 20.4. The minimum atomic E-state index is 0.794. The Hall–Kier alpha value is -3.20. The van der Waals surface area contributed by atoms with Gasteiger partial charge in [0.1, 0.15) is 5.75 Å². The van der Waals surface area contributed by atoms with Crippen LogP contribution in [0.2, 0.25) is 0 Å². The average molecular weight is 435 g/mol. The number of hydrogen-bond acceptors (Lipinski definition) is 3. The molecule has 0 aliphatic heterocycles. The number of fused-ring (bicyclic) bond motifs is 5. The minimum Gasteiger partial charge on any atom is -0.494 e. The number of benzene rings is 2. The average Bonchev–Trinajstić information content (AvgIpc) is 3.50. The third-order valence-electron chi connectivity index (χ3n) is 7.49. The summed E-state index contributed by atoms with van der Waals surface area (Å²) in [5.41, 5.74) is 3.96. The molecule has 0 N–H and O–H groups in total. The fraction of sp³-hybridized carbons (Fsp3) is 0.333. The van der Waals surface area contributed by atoms with E-state index in [9.17, 15) is 0 Å². The maximum atomic E-state index is 6.00. The number of pyridine rings is 2. The van der Waals surface area contributed by atoms with Crippen LogP contribution in [0.3, 0.4) is 0 Å². The van der Waals surface area contributed by atoms with Crippen LogP contribution >= 0.6 is 0 Å². The highest BCUT2D eigenvalue weighted by molar-refractivity contribution is 6.03. The van der Waals surface area contributed by atoms with E-state index in [1.54, 1.807) is 0 Å². The van der Waals surface area contributed by atoms with Crippen molar-refractivity contribution in [2.75, 3.05) is 6.61 Å². The molecule has 3 atom stereocenters. The SMILES string of the molecule is C1=CC2CC1CC2CCCCCOc1ccc(-c2ccc3ccc4cccnc4c3n2)cc1. The molecule has 0 saturated heterocycles. The molecule has 33 heavy (non-hydrogen) atoms. The van der Waals surface area contributed by atoms with Gasteiger partial charge in [-0.2, -0.15) is 0 Å². The monoisotopic (exact) mass is 434 g/mol. The number of hydrogen-bond donors (Lipinski definition) is 0. The summed E-state index contributed by atoms with van der Waals surface area (Å²) < 4.78 is 6.00. The van der Waals surface area contributed by atoms with Gasteiger partial charge in [-0.3, -0.25) is 4.98 Å². The van der Waals surface area contributed by atoms with E-state index in [1.165, 1.54) is 32.1 Å². The smallest absolute Gasteiger partial charge is 0.119 e. The zero-order valence-corrected chi connectivity index (χ0v) is 19.0. The Kier molecular flexibility index (Phi) is 5.55. The summed E-state index contributed by atoms with van der Waals surface area (Å²) in [7, 11) is 0. The van der Waals surface area contributed by atoms with E-state index >= 15 is 0 Å². The lowest BCUT2D eigenvalue weighted by Gasteiger charge is -2.17. The van der Waals surface area contributed by atoms with Crippen LogP contribution in [0, 0.1) is 17.8 Å². The second-order valence-corrected chi connectivity index (χ2v) is 9.67. The van der Waals surface area contributed by atoms with Gasteiger partial charge in [0.2, 0.25) is 0 Å². The van der Waals surface area contributed by atoms with E-state index in [0.717, 1.165) is 69.6 Å². The number of nitrogens with zero attached hydrogens (tertiary/aromatic N) is 2. The zero-order chi connectivity index (χ0) is 22.0. The molecule has 166 valence electrons. The minimum absolute atomic E-state index is 0.794. The van der Waals surface area contributed by atoms with Crippen LogP contribution < -0.4 is 4.74 Å². The Balaban J connectivity index is 1.04. The Morgan fingerprint density at radius 2 is 1.64 bits per heavy atom. The first-order valence-electron chi connectivity index (χ1n) is 12.4. The molecule has 3 nitrogen and oxygen atoms in total. The highest BCUT2D eigenvalue weighted by Crippen LogP contribution is 2.45. The molecule has 0 spiro atoms. The van der Waals surface area contributed by atoms with Crippen molar-refractivity contribution >= 4 is 21.8 Å². The Morgan fingerprint density at radius 3 is 2.45 bits per heavy atom. The lowest BCUT2D eigenvalue weighted by molar-refractivity contribution is 0.299. The van der Waals surface area contributed by atoms with Crippen molar-refractivity contribution in [2.24, 2.45) is 17.8 Å². The molecule has 2 aliphatic rings. The van der Waals surface area contributed by atoms with Gasteiger partial charge in [0.05, 0.1) is 23.3 Å². The number of allylic oxidation sites excluding steroid dienone is 2. The second-order valence-electron chi connectivity index (χ2n) is 9.67. The molecule has 3 heteroatoms. The molecule has 2 aromatic carbocycles. The topological polar surface area (TPSA) is 35.0 Å². The van der Waals surface area contributed by atoms with Gasteiger partial charge >= 0.3 is 0 Å². The molecule has 2 bridgehead atoms. The molecule has 6 rings (SSSR count). The molecule has 3 unspecified atom stereocenters. The first-order valence-corrected chi connectivity index (χ1v) is 12.4. The molecule has 1 saturated carbocycles. The van der Waals surface area contributed by atoms with Crippen LogP contribution in [0.5, 0.6) is 5.75 Å². The fourth-order valence-corrected chi connectivity index (χ4v) is 5.71. The van der Waals surface area contributed by atoms with Crippen molar-refractivity contribution in [2.45, 2.75) is 38.5 Å². The van der Waals surface area contributed by atoms with Crippen molar-refractivity contribution in [3.05, 3.63) is 79.0 Å². The molecule has 4 aromatic rings. The lowest BCUT2D eigenvalue weighted by Crippen LogP contribution is -2.06. The maximum absolute atomic E-state index is 6.00. The van der Waals surface area contributed by atoms with Crippen molar-refractivity contribution in [3.63, 3.8) is 0 Å². The Bertz CT molecular complexity index is 1290. The highest BCUT2D eigenvalue weighted by atomic mass is 16.5. The van der Waals surface area contributed by atoms with Gasteiger partial charge in [-0.1, -0.05) is 49.3 Å². The largest absolute Gasteiger partial charge is 0.494 e. The van der Waals surface area contributed by atoms with Gasteiger partial charge in [0.15, 0.2) is 0 Å². The zero-order valence-electron chi connectivity index (χ0n) is 19.0. The number of aromatic nitrogens is 2. The second kappa shape index (κ2) is 8.97. The summed E-state index contributed by atoms with van der Waals surface area (Å²) in [6.07, 6.45) is 14.7. The van der Waals surface area contributed by atoms with Crippen LogP contribution in [0.1, 0.15) is 38.5 Å². The number of ether oxygens (including phenoxy) is 1. The molecule has 0 radical (unpaired) electrons. The normalized spacial score (nSPS) is 21.3. The van der Waals surface area contributed by atoms with E-state index < -0.39 is 0 Å². The molecule has 2 aliphatic carbocycles. The van der Waals surface area contributed by atoms with E-state index in [4.69, 9.17) is 9.72 Å². The first-order chi connectivity index (χ1) is 16.3. The summed E-state index contributed by atoms with van der Waals surface area (Å²) in [4.78, 5) is 9.50. The summed E-state index contributed by atoms with van der Waals surface area (Å²) >= 11 is 0. The molecular formula is C30H30N2O. The fourth-order valence-electron chi connectivity index (χ4n) is 5.71. The van der Waals surface area contributed by atoms with Gasteiger partial charge in [-0.05, 0) is 79.8 Å². The van der Waals surface area contributed by atoms with Crippen molar-refractivity contribution in [1.82, 2.24) is 9.97 Å². The molecular weight excluding hydrogens is 404 g/mol. The van der Waals surface area contributed by atoms with Crippen LogP contribution in [0.25, 0.3) is 33.1 Å². The van der Waals surface area contributed by atoms with Gasteiger partial charge in [-0.25, -0.2) is 4.98 Å². The van der Waals surface area contributed by atoms with E-state index in [-0.39, 0.29) is 0 Å². The molecule has 0 amide bonds. The van der Waals surface area contributed by atoms with Crippen molar-refractivity contribution in [3.8, 4) is 17.0 Å². The van der Waals surface area contributed by atoms with Crippen LogP contribution in [0.15, 0.2) is 79.0 Å².